The van der Waals surface area contributed by atoms with E-state index < -0.39 is 5.82 Å². The van der Waals surface area contributed by atoms with Crippen LogP contribution in [0.2, 0.25) is 0 Å². The van der Waals surface area contributed by atoms with Crippen LogP contribution in [0.15, 0.2) is 41.3 Å². The van der Waals surface area contributed by atoms with Crippen LogP contribution in [0.4, 0.5) is 4.39 Å². The molecule has 0 amide bonds. The summed E-state index contributed by atoms with van der Waals surface area (Å²) in [4.78, 5) is 12.0. The molecule has 90 valence electrons. The van der Waals surface area contributed by atoms with Crippen LogP contribution in [0.5, 0.6) is 0 Å². The van der Waals surface area contributed by atoms with Gasteiger partial charge in [0.05, 0.1) is 0 Å². The molecule has 1 aromatic carbocycles. The van der Waals surface area contributed by atoms with E-state index in [2.05, 4.69) is 0 Å². The number of benzene rings is 1. The van der Waals surface area contributed by atoms with Crippen molar-refractivity contribution in [1.29, 1.82) is 5.26 Å². The summed E-state index contributed by atoms with van der Waals surface area (Å²) in [7, 11) is 0. The number of halogens is 1. The van der Waals surface area contributed by atoms with Crippen LogP contribution in [0, 0.1) is 17.1 Å². The Kier molecular flexibility index (Phi) is 3.24. The van der Waals surface area contributed by atoms with Crippen LogP contribution in [-0.4, -0.2) is 4.57 Å². The van der Waals surface area contributed by atoms with Crippen molar-refractivity contribution in [3.8, 4) is 17.2 Å². The average Bonchev–Trinajstić information content (AvgIpc) is 2.39. The summed E-state index contributed by atoms with van der Waals surface area (Å²) in [5.41, 5.74) is 0.199. The first-order valence-corrected chi connectivity index (χ1v) is 5.57. The third-order valence-corrected chi connectivity index (χ3v) is 2.78. The van der Waals surface area contributed by atoms with Crippen molar-refractivity contribution in [3.63, 3.8) is 0 Å². The van der Waals surface area contributed by atoms with Crippen LogP contribution in [0.3, 0.4) is 0 Å². The minimum Gasteiger partial charge on any atom is -0.315 e. The molecule has 3 nitrogen and oxygen atoms in total. The van der Waals surface area contributed by atoms with Gasteiger partial charge in [-0.15, -0.1) is 0 Å². The quantitative estimate of drug-likeness (QED) is 0.812. The molecule has 1 aromatic heterocycles. The molecule has 2 rings (SSSR count). The second-order valence-electron chi connectivity index (χ2n) is 3.79. The van der Waals surface area contributed by atoms with Crippen LogP contribution in [0.1, 0.15) is 12.5 Å². The highest BCUT2D eigenvalue weighted by atomic mass is 19.1. The highest BCUT2D eigenvalue weighted by Crippen LogP contribution is 2.23. The third kappa shape index (κ3) is 1.91. The predicted molar refractivity (Wildman–Crippen MR) is 66.5 cm³/mol. The number of rotatable bonds is 2. The molecule has 4 heteroatoms. The Hall–Kier alpha value is -2.41. The summed E-state index contributed by atoms with van der Waals surface area (Å²) in [5.74, 6) is -0.442. The molecule has 0 aliphatic rings. The third-order valence-electron chi connectivity index (χ3n) is 2.78. The predicted octanol–water partition coefficient (Wildman–Crippen LogP) is 2.55. The van der Waals surface area contributed by atoms with Crippen LogP contribution < -0.4 is 5.56 Å². The van der Waals surface area contributed by atoms with E-state index in [0.717, 1.165) is 0 Å². The normalized spacial score (nSPS) is 10.1. The molecule has 0 aliphatic heterocycles. The topological polar surface area (TPSA) is 45.8 Å². The van der Waals surface area contributed by atoms with Gasteiger partial charge in [-0.25, -0.2) is 4.39 Å². The van der Waals surface area contributed by atoms with E-state index in [4.69, 9.17) is 5.26 Å². The molecule has 0 fully saturated rings. The lowest BCUT2D eigenvalue weighted by Gasteiger charge is -2.08. The molecule has 0 atom stereocenters. The minimum absolute atomic E-state index is 0.0237. The Morgan fingerprint density at radius 1 is 1.28 bits per heavy atom. The van der Waals surface area contributed by atoms with Gasteiger partial charge in [-0.05, 0) is 19.1 Å². The van der Waals surface area contributed by atoms with Gasteiger partial charge in [0.25, 0.3) is 5.56 Å². The van der Waals surface area contributed by atoms with Crippen LogP contribution in [0.25, 0.3) is 11.1 Å². The molecule has 0 saturated heterocycles. The second kappa shape index (κ2) is 4.84. The maximum Gasteiger partial charge on any atom is 0.269 e. The summed E-state index contributed by atoms with van der Waals surface area (Å²) in [5, 5.41) is 9.09. The SMILES string of the molecule is CCn1ccc(-c2ccccc2F)c(C#N)c1=O. The summed E-state index contributed by atoms with van der Waals surface area (Å²) in [6.07, 6.45) is 1.57. The largest absolute Gasteiger partial charge is 0.315 e. The molecule has 0 radical (unpaired) electrons. The summed E-state index contributed by atoms with van der Waals surface area (Å²) in [6, 6.07) is 9.57. The number of hydrogen-bond donors (Lipinski definition) is 0. The molecule has 0 bridgehead atoms. The molecule has 1 heterocycles. The van der Waals surface area contributed by atoms with E-state index in [1.165, 1.54) is 10.6 Å². The van der Waals surface area contributed by atoms with Crippen molar-refractivity contribution in [2.45, 2.75) is 13.5 Å². The molecule has 18 heavy (non-hydrogen) atoms. The number of hydrogen-bond acceptors (Lipinski definition) is 2. The van der Waals surface area contributed by atoms with Crippen molar-refractivity contribution in [3.05, 3.63) is 58.3 Å². The van der Waals surface area contributed by atoms with Gasteiger partial charge in [0.1, 0.15) is 17.4 Å². The Labute approximate surface area is 104 Å². The maximum absolute atomic E-state index is 13.7. The van der Waals surface area contributed by atoms with Gasteiger partial charge in [0.2, 0.25) is 0 Å². The maximum atomic E-state index is 13.7. The molecule has 2 aromatic rings. The number of aromatic nitrogens is 1. The lowest BCUT2D eigenvalue weighted by Crippen LogP contribution is -2.21. The zero-order valence-electron chi connectivity index (χ0n) is 9.85. The van der Waals surface area contributed by atoms with Gasteiger partial charge in [0, 0.05) is 23.9 Å². The Bertz CT molecular complexity index is 683. The van der Waals surface area contributed by atoms with Gasteiger partial charge < -0.3 is 4.57 Å². The monoisotopic (exact) mass is 242 g/mol. The van der Waals surface area contributed by atoms with Crippen LogP contribution >= 0.6 is 0 Å². The lowest BCUT2D eigenvalue weighted by atomic mass is 10.0. The van der Waals surface area contributed by atoms with Gasteiger partial charge in [-0.2, -0.15) is 5.26 Å². The summed E-state index contributed by atoms with van der Waals surface area (Å²) < 4.78 is 15.1. The first-order valence-electron chi connectivity index (χ1n) is 5.57. The van der Waals surface area contributed by atoms with E-state index in [-0.39, 0.29) is 16.7 Å². The van der Waals surface area contributed by atoms with Gasteiger partial charge in [-0.3, -0.25) is 4.79 Å². The molecular formula is C14H11FN2O. The van der Waals surface area contributed by atoms with Crippen molar-refractivity contribution in [1.82, 2.24) is 4.57 Å². The van der Waals surface area contributed by atoms with E-state index in [1.807, 2.05) is 13.0 Å². The molecule has 0 aliphatic carbocycles. The molecule has 0 saturated carbocycles. The van der Waals surface area contributed by atoms with Gasteiger partial charge in [-0.1, -0.05) is 18.2 Å². The first kappa shape index (κ1) is 12.1. The standard InChI is InChI=1S/C14H11FN2O/c1-2-17-8-7-10(12(9-16)14(17)18)11-5-3-4-6-13(11)15/h3-8H,2H2,1H3. The fourth-order valence-corrected chi connectivity index (χ4v) is 1.84. The van der Waals surface area contributed by atoms with E-state index in [1.54, 1.807) is 30.5 Å². The molecule has 0 spiro atoms. The van der Waals surface area contributed by atoms with Crippen molar-refractivity contribution >= 4 is 0 Å². The smallest absolute Gasteiger partial charge is 0.269 e. The lowest BCUT2D eigenvalue weighted by molar-refractivity contribution is 0.631. The zero-order chi connectivity index (χ0) is 13.1. The zero-order valence-corrected chi connectivity index (χ0v) is 9.85. The van der Waals surface area contributed by atoms with Crippen molar-refractivity contribution in [2.24, 2.45) is 0 Å². The van der Waals surface area contributed by atoms with Crippen LogP contribution in [-0.2, 0) is 6.54 Å². The second-order valence-corrected chi connectivity index (χ2v) is 3.79. The van der Waals surface area contributed by atoms with Crippen molar-refractivity contribution in [2.75, 3.05) is 0 Å². The highest BCUT2D eigenvalue weighted by molar-refractivity contribution is 5.70. The Morgan fingerprint density at radius 3 is 2.61 bits per heavy atom. The average molecular weight is 242 g/mol. The van der Waals surface area contributed by atoms with E-state index in [9.17, 15) is 9.18 Å². The molecule has 0 unspecified atom stereocenters. The summed E-state index contributed by atoms with van der Waals surface area (Å²) >= 11 is 0. The summed E-state index contributed by atoms with van der Waals surface area (Å²) in [6.45, 7) is 2.29. The van der Waals surface area contributed by atoms with Gasteiger partial charge >= 0.3 is 0 Å². The molecule has 0 N–H and O–H groups in total. The van der Waals surface area contributed by atoms with Crippen molar-refractivity contribution < 1.29 is 4.39 Å². The fourth-order valence-electron chi connectivity index (χ4n) is 1.84. The minimum atomic E-state index is -0.442. The Balaban J connectivity index is 2.75. The fraction of sp³-hybridized carbons (Fsp3) is 0.143. The first-order chi connectivity index (χ1) is 8.69. The number of nitrogens with zero attached hydrogens (tertiary/aromatic N) is 2. The van der Waals surface area contributed by atoms with E-state index in [0.29, 0.717) is 12.1 Å². The van der Waals surface area contributed by atoms with Gasteiger partial charge in [0.15, 0.2) is 0 Å². The molecular weight excluding hydrogens is 231 g/mol. The number of aryl methyl sites for hydroxylation is 1. The number of nitriles is 1. The number of pyridine rings is 1. The highest BCUT2D eigenvalue weighted by Gasteiger charge is 2.13. The van der Waals surface area contributed by atoms with E-state index >= 15 is 0 Å². The Morgan fingerprint density at radius 2 is 2.00 bits per heavy atom.